The maximum absolute atomic E-state index is 13.4. The number of aliphatic hydroxyl groups is 1. The van der Waals surface area contributed by atoms with E-state index in [1.54, 1.807) is 6.92 Å². The molecule has 3 atom stereocenters. The molecule has 0 aliphatic carbocycles. The van der Waals surface area contributed by atoms with Crippen molar-refractivity contribution in [3.05, 3.63) is 71.3 Å². The molecule has 0 radical (unpaired) electrons. The number of halogens is 2. The van der Waals surface area contributed by atoms with Gasteiger partial charge in [-0.15, -0.1) is 0 Å². The van der Waals surface area contributed by atoms with Gasteiger partial charge in [-0.25, -0.2) is 13.6 Å². The summed E-state index contributed by atoms with van der Waals surface area (Å²) in [6.45, 7) is 1.85. The van der Waals surface area contributed by atoms with Crippen LogP contribution in [0.3, 0.4) is 0 Å². The van der Waals surface area contributed by atoms with Gasteiger partial charge in [0.05, 0.1) is 18.2 Å². The van der Waals surface area contributed by atoms with Gasteiger partial charge in [0, 0.05) is 19.2 Å². The fraction of sp³-hybridized carbons (Fsp3) is 0.333. The molecule has 0 aliphatic rings. The van der Waals surface area contributed by atoms with E-state index in [1.807, 2.05) is 30.3 Å². The summed E-state index contributed by atoms with van der Waals surface area (Å²) in [6.07, 6.45) is -2.75. The lowest BCUT2D eigenvalue weighted by molar-refractivity contribution is -0.123. The molecule has 0 bridgehead atoms. The lowest BCUT2D eigenvalue weighted by atomic mass is 10.0. The average Bonchev–Trinajstić information content (AvgIpc) is 2.69. The first-order chi connectivity index (χ1) is 14.2. The standard InChI is InChI=1S/C21H25F2N3O4/c1-13(20(28)25-11-14-5-3-2-4-6-14)24-12-19(27)18(26-21(29)30)9-15-7-16(22)10-17(23)8-15/h2-8,10,13,18-19,24,26-27H,9,11-12H2,1H3,(H,25,28)(H,29,30)/t13-,18-,19+/m0/s1. The van der Waals surface area contributed by atoms with Crippen LogP contribution in [0.1, 0.15) is 18.1 Å². The average molecular weight is 421 g/mol. The predicted molar refractivity (Wildman–Crippen MR) is 107 cm³/mol. The van der Waals surface area contributed by atoms with Gasteiger partial charge in [-0.05, 0) is 36.6 Å². The van der Waals surface area contributed by atoms with E-state index in [-0.39, 0.29) is 24.4 Å². The minimum atomic E-state index is -1.38. The Morgan fingerprint density at radius 2 is 1.67 bits per heavy atom. The minimum absolute atomic E-state index is 0.108. The number of amides is 2. The van der Waals surface area contributed by atoms with Crippen LogP contribution in [-0.2, 0) is 17.8 Å². The molecule has 0 saturated carbocycles. The molecule has 7 nitrogen and oxygen atoms in total. The third-order valence-corrected chi connectivity index (χ3v) is 4.49. The monoisotopic (exact) mass is 421 g/mol. The number of rotatable bonds is 10. The van der Waals surface area contributed by atoms with Gasteiger partial charge in [0.25, 0.3) is 0 Å². The van der Waals surface area contributed by atoms with Crippen LogP contribution in [0, 0.1) is 11.6 Å². The van der Waals surface area contributed by atoms with Crippen molar-refractivity contribution in [1.29, 1.82) is 0 Å². The zero-order valence-electron chi connectivity index (χ0n) is 16.4. The van der Waals surface area contributed by atoms with Gasteiger partial charge in [0.1, 0.15) is 11.6 Å². The first kappa shape index (κ1) is 23.2. The van der Waals surface area contributed by atoms with E-state index in [2.05, 4.69) is 16.0 Å². The fourth-order valence-corrected chi connectivity index (χ4v) is 2.90. The van der Waals surface area contributed by atoms with Crippen molar-refractivity contribution in [3.8, 4) is 0 Å². The van der Waals surface area contributed by atoms with E-state index >= 15 is 0 Å². The Bertz CT molecular complexity index is 831. The van der Waals surface area contributed by atoms with Crippen LogP contribution in [0.15, 0.2) is 48.5 Å². The van der Waals surface area contributed by atoms with E-state index in [9.17, 15) is 23.5 Å². The van der Waals surface area contributed by atoms with Crippen LogP contribution < -0.4 is 16.0 Å². The van der Waals surface area contributed by atoms with E-state index in [4.69, 9.17) is 5.11 Å². The van der Waals surface area contributed by atoms with E-state index in [1.165, 1.54) is 0 Å². The SMILES string of the molecule is C[C@H](NC[C@@H](O)[C@H](Cc1cc(F)cc(F)c1)NC(=O)O)C(=O)NCc1ccccc1. The number of carbonyl (C=O) groups is 2. The van der Waals surface area contributed by atoms with Crippen molar-refractivity contribution in [2.45, 2.75) is 38.1 Å². The highest BCUT2D eigenvalue weighted by Crippen LogP contribution is 2.12. The van der Waals surface area contributed by atoms with Crippen molar-refractivity contribution in [2.75, 3.05) is 6.54 Å². The Kier molecular flexibility index (Phi) is 8.70. The van der Waals surface area contributed by atoms with Gasteiger partial charge in [0.2, 0.25) is 5.91 Å². The summed E-state index contributed by atoms with van der Waals surface area (Å²) in [5, 5.41) is 27.1. The maximum atomic E-state index is 13.4. The second-order valence-corrected chi connectivity index (χ2v) is 6.94. The molecule has 9 heteroatoms. The van der Waals surface area contributed by atoms with Crippen LogP contribution >= 0.6 is 0 Å². The Morgan fingerprint density at radius 1 is 1.03 bits per heavy atom. The lowest BCUT2D eigenvalue weighted by Gasteiger charge is -2.25. The molecule has 2 amide bonds. The number of nitrogens with one attached hydrogen (secondary N) is 3. The molecule has 162 valence electrons. The van der Waals surface area contributed by atoms with Gasteiger partial charge in [0.15, 0.2) is 0 Å². The summed E-state index contributed by atoms with van der Waals surface area (Å²) in [5.41, 5.74) is 1.13. The zero-order valence-corrected chi connectivity index (χ0v) is 16.4. The Hall–Kier alpha value is -3.04. The first-order valence-electron chi connectivity index (χ1n) is 9.42. The zero-order chi connectivity index (χ0) is 22.1. The first-order valence-corrected chi connectivity index (χ1v) is 9.42. The van der Waals surface area contributed by atoms with Gasteiger partial charge in [-0.3, -0.25) is 4.79 Å². The van der Waals surface area contributed by atoms with Crippen molar-refractivity contribution in [1.82, 2.24) is 16.0 Å². The molecular weight excluding hydrogens is 396 g/mol. The summed E-state index contributed by atoms with van der Waals surface area (Å²) >= 11 is 0. The number of benzene rings is 2. The highest BCUT2D eigenvalue weighted by Gasteiger charge is 2.23. The van der Waals surface area contributed by atoms with Crippen molar-refractivity contribution < 1.29 is 28.6 Å². The van der Waals surface area contributed by atoms with Crippen LogP contribution in [0.25, 0.3) is 0 Å². The molecule has 2 rings (SSSR count). The highest BCUT2D eigenvalue weighted by molar-refractivity contribution is 5.81. The van der Waals surface area contributed by atoms with E-state index in [0.29, 0.717) is 12.6 Å². The summed E-state index contributed by atoms with van der Waals surface area (Å²) in [6, 6.07) is 10.5. The second kappa shape index (κ2) is 11.2. The molecule has 2 aromatic carbocycles. The van der Waals surface area contributed by atoms with Crippen LogP contribution in [0.2, 0.25) is 0 Å². The van der Waals surface area contributed by atoms with Crippen molar-refractivity contribution in [2.24, 2.45) is 0 Å². The largest absolute Gasteiger partial charge is 0.465 e. The molecule has 30 heavy (non-hydrogen) atoms. The molecule has 2 aromatic rings. The quantitative estimate of drug-likeness (QED) is 0.402. The molecule has 0 fully saturated rings. The number of aliphatic hydroxyl groups excluding tert-OH is 1. The summed E-state index contributed by atoms with van der Waals surface area (Å²) in [7, 11) is 0. The van der Waals surface area contributed by atoms with Crippen molar-refractivity contribution in [3.63, 3.8) is 0 Å². The Balaban J connectivity index is 1.89. The van der Waals surface area contributed by atoms with Crippen LogP contribution in [0.4, 0.5) is 13.6 Å². The van der Waals surface area contributed by atoms with Gasteiger partial charge in [-0.1, -0.05) is 30.3 Å². The van der Waals surface area contributed by atoms with Crippen LogP contribution in [0.5, 0.6) is 0 Å². The minimum Gasteiger partial charge on any atom is -0.465 e. The molecular formula is C21H25F2N3O4. The third-order valence-electron chi connectivity index (χ3n) is 4.49. The lowest BCUT2D eigenvalue weighted by Crippen LogP contribution is -2.51. The van der Waals surface area contributed by atoms with Gasteiger partial charge in [-0.2, -0.15) is 0 Å². The Morgan fingerprint density at radius 3 is 2.27 bits per heavy atom. The number of hydrogen-bond donors (Lipinski definition) is 5. The number of hydrogen-bond acceptors (Lipinski definition) is 4. The molecule has 0 heterocycles. The maximum Gasteiger partial charge on any atom is 0.404 e. The molecule has 0 unspecified atom stereocenters. The predicted octanol–water partition coefficient (Wildman–Crippen LogP) is 1.80. The second-order valence-electron chi connectivity index (χ2n) is 6.94. The summed E-state index contributed by atoms with van der Waals surface area (Å²) in [4.78, 5) is 23.2. The topological polar surface area (TPSA) is 111 Å². The molecule has 5 N–H and O–H groups in total. The Labute approximate surface area is 173 Å². The van der Waals surface area contributed by atoms with Gasteiger partial charge < -0.3 is 26.2 Å². The number of carboxylic acid groups (broad SMARTS) is 1. The molecule has 0 saturated heterocycles. The number of carbonyl (C=O) groups excluding carboxylic acids is 1. The van der Waals surface area contributed by atoms with Crippen LogP contribution in [-0.4, -0.2) is 46.9 Å². The van der Waals surface area contributed by atoms with Gasteiger partial charge >= 0.3 is 6.09 Å². The molecule has 0 aromatic heterocycles. The summed E-state index contributed by atoms with van der Waals surface area (Å²) < 4.78 is 26.8. The summed E-state index contributed by atoms with van der Waals surface area (Å²) in [5.74, 6) is -1.88. The third kappa shape index (κ3) is 7.76. The normalized spacial score (nSPS) is 13.9. The smallest absolute Gasteiger partial charge is 0.404 e. The molecule has 0 aliphatic heterocycles. The van der Waals surface area contributed by atoms with E-state index in [0.717, 1.165) is 17.7 Å². The van der Waals surface area contributed by atoms with E-state index < -0.39 is 35.9 Å². The molecule has 0 spiro atoms. The highest BCUT2D eigenvalue weighted by atomic mass is 19.1. The van der Waals surface area contributed by atoms with Crippen molar-refractivity contribution >= 4 is 12.0 Å². The fourth-order valence-electron chi connectivity index (χ4n) is 2.90.